The number of hydrogen-bond donors (Lipinski definition) is 2. The van der Waals surface area contributed by atoms with Crippen LogP contribution >= 0.6 is 11.8 Å². The molecule has 0 rings (SSSR count). The summed E-state index contributed by atoms with van der Waals surface area (Å²) in [5.74, 6) is 5.48. The van der Waals surface area contributed by atoms with Gasteiger partial charge in [-0.25, -0.2) is 0 Å². The minimum absolute atomic E-state index is 0.264. The Hall–Kier alpha value is -0.460. The van der Waals surface area contributed by atoms with Crippen LogP contribution in [0, 0.1) is 0 Å². The van der Waals surface area contributed by atoms with Gasteiger partial charge >= 0.3 is 0 Å². The Balaban J connectivity index is 3.50. The van der Waals surface area contributed by atoms with Gasteiger partial charge in [-0.05, 0) is 0 Å². The molecule has 0 aliphatic carbocycles. The number of ether oxygens (including phenoxy) is 2. The van der Waals surface area contributed by atoms with E-state index in [9.17, 15) is 0 Å². The first-order chi connectivity index (χ1) is 5.24. The van der Waals surface area contributed by atoms with Crippen molar-refractivity contribution in [2.24, 2.45) is 16.7 Å². The molecule has 0 unspecified atom stereocenters. The van der Waals surface area contributed by atoms with E-state index in [0.29, 0.717) is 10.9 Å². The molecule has 5 nitrogen and oxygen atoms in total. The van der Waals surface area contributed by atoms with Crippen LogP contribution in [-0.2, 0) is 9.47 Å². The molecule has 0 bridgehead atoms. The van der Waals surface area contributed by atoms with E-state index in [1.165, 1.54) is 11.8 Å². The molecule has 11 heavy (non-hydrogen) atoms. The second-order valence-corrected chi connectivity index (χ2v) is 2.72. The van der Waals surface area contributed by atoms with Crippen molar-refractivity contribution < 1.29 is 9.47 Å². The average molecular weight is 179 g/mol. The Labute approximate surface area is 70.1 Å². The smallest absolute Gasteiger partial charge is 0.177 e. The molecule has 0 spiro atoms. The summed E-state index contributed by atoms with van der Waals surface area (Å²) in [6, 6.07) is 0. The second-order valence-electron chi connectivity index (χ2n) is 1.68. The fourth-order valence-electron chi connectivity index (χ4n) is 0.423. The summed E-state index contributed by atoms with van der Waals surface area (Å²) < 4.78 is 9.80. The summed E-state index contributed by atoms with van der Waals surface area (Å²) in [5.41, 5.74) is 5.31. The van der Waals surface area contributed by atoms with Crippen molar-refractivity contribution >= 4 is 16.9 Å². The van der Waals surface area contributed by atoms with Crippen molar-refractivity contribution in [2.75, 3.05) is 20.0 Å². The number of methoxy groups -OCH3 is 2. The number of rotatable bonds is 4. The fourth-order valence-corrected chi connectivity index (χ4v) is 1.08. The number of nitrogens with two attached hydrogens (primary N) is 2. The van der Waals surface area contributed by atoms with Crippen molar-refractivity contribution in [1.82, 2.24) is 0 Å². The molecule has 0 aromatic rings. The molecule has 0 amide bonds. The Kier molecular flexibility index (Phi) is 6.00. The molecule has 0 heterocycles. The van der Waals surface area contributed by atoms with Gasteiger partial charge in [-0.2, -0.15) is 5.10 Å². The van der Waals surface area contributed by atoms with Crippen molar-refractivity contribution in [2.45, 2.75) is 6.29 Å². The van der Waals surface area contributed by atoms with Crippen molar-refractivity contribution in [3.8, 4) is 0 Å². The van der Waals surface area contributed by atoms with Gasteiger partial charge in [0.2, 0.25) is 0 Å². The predicted octanol–water partition coefficient (Wildman–Crippen LogP) is -0.473. The lowest BCUT2D eigenvalue weighted by atomic mass is 10.7. The van der Waals surface area contributed by atoms with Gasteiger partial charge in [-0.1, -0.05) is 11.8 Å². The quantitative estimate of drug-likeness (QED) is 0.200. The van der Waals surface area contributed by atoms with E-state index in [4.69, 9.17) is 21.1 Å². The molecule has 0 aliphatic heterocycles. The van der Waals surface area contributed by atoms with Crippen LogP contribution in [0.4, 0.5) is 0 Å². The predicted molar refractivity (Wildman–Crippen MR) is 46.1 cm³/mol. The zero-order chi connectivity index (χ0) is 8.69. The summed E-state index contributed by atoms with van der Waals surface area (Å²) in [5, 5.41) is 3.60. The summed E-state index contributed by atoms with van der Waals surface area (Å²) in [7, 11) is 3.12. The van der Waals surface area contributed by atoms with Gasteiger partial charge in [-0.15, -0.1) is 0 Å². The molecular weight excluding hydrogens is 166 g/mol. The molecule has 0 fully saturated rings. The number of hydrazone groups is 1. The number of hydrogen-bond acceptors (Lipinski definition) is 5. The Morgan fingerprint density at radius 1 is 1.55 bits per heavy atom. The first kappa shape index (κ1) is 10.5. The highest BCUT2D eigenvalue weighted by molar-refractivity contribution is 8.13. The first-order valence-electron chi connectivity index (χ1n) is 2.96. The third-order valence-corrected chi connectivity index (χ3v) is 1.86. The molecule has 4 N–H and O–H groups in total. The van der Waals surface area contributed by atoms with Crippen LogP contribution in [0.2, 0.25) is 0 Å². The van der Waals surface area contributed by atoms with E-state index >= 15 is 0 Å². The molecule has 0 saturated carbocycles. The lowest BCUT2D eigenvalue weighted by Gasteiger charge is -2.11. The monoisotopic (exact) mass is 179 g/mol. The molecule has 0 atom stereocenters. The van der Waals surface area contributed by atoms with Crippen LogP contribution in [0.15, 0.2) is 5.10 Å². The molecule has 0 aromatic carbocycles. The summed E-state index contributed by atoms with van der Waals surface area (Å²) in [6.07, 6.45) is -0.264. The standard InChI is InChI=1S/C5H13N3O2S/c1-9-4(10-2)3-11-5(6)8-7/h4H,3,7H2,1-2H3,(H2,6,8). The van der Waals surface area contributed by atoms with Crippen molar-refractivity contribution in [3.63, 3.8) is 0 Å². The van der Waals surface area contributed by atoms with Crippen molar-refractivity contribution in [1.29, 1.82) is 0 Å². The van der Waals surface area contributed by atoms with Gasteiger partial charge in [-0.3, -0.25) is 0 Å². The molecule has 0 saturated heterocycles. The van der Waals surface area contributed by atoms with Crippen LogP contribution < -0.4 is 11.6 Å². The Bertz CT molecular complexity index is 127. The third-order valence-electron chi connectivity index (χ3n) is 1.02. The summed E-state index contributed by atoms with van der Waals surface area (Å²) in [6.45, 7) is 0. The van der Waals surface area contributed by atoms with Gasteiger partial charge in [0, 0.05) is 14.2 Å². The second kappa shape index (κ2) is 6.26. The van der Waals surface area contributed by atoms with E-state index in [-0.39, 0.29) is 6.29 Å². The van der Waals surface area contributed by atoms with Crippen LogP contribution in [0.1, 0.15) is 0 Å². The van der Waals surface area contributed by atoms with Gasteiger partial charge in [0.1, 0.15) is 0 Å². The lowest BCUT2D eigenvalue weighted by Crippen LogP contribution is -2.19. The minimum Gasteiger partial charge on any atom is -0.377 e. The maximum atomic E-state index is 5.31. The number of nitrogens with zero attached hydrogens (tertiary/aromatic N) is 1. The van der Waals surface area contributed by atoms with Gasteiger partial charge in [0.05, 0.1) is 5.75 Å². The maximum absolute atomic E-state index is 5.31. The maximum Gasteiger partial charge on any atom is 0.177 e. The van der Waals surface area contributed by atoms with Crippen LogP contribution in [0.25, 0.3) is 0 Å². The normalized spacial score (nSPS) is 12.5. The summed E-state index contributed by atoms with van der Waals surface area (Å²) >= 11 is 1.29. The van der Waals surface area contributed by atoms with Gasteiger partial charge < -0.3 is 21.1 Å². The molecule has 0 aliphatic rings. The van der Waals surface area contributed by atoms with Crippen LogP contribution in [0.3, 0.4) is 0 Å². The molecule has 6 heteroatoms. The number of amidine groups is 1. The highest BCUT2D eigenvalue weighted by Crippen LogP contribution is 2.04. The van der Waals surface area contributed by atoms with Crippen LogP contribution in [-0.4, -0.2) is 31.4 Å². The van der Waals surface area contributed by atoms with E-state index in [0.717, 1.165) is 0 Å². The Morgan fingerprint density at radius 3 is 2.45 bits per heavy atom. The van der Waals surface area contributed by atoms with E-state index in [2.05, 4.69) is 5.10 Å². The number of thioether (sulfide) groups is 1. The first-order valence-corrected chi connectivity index (χ1v) is 3.95. The molecule has 66 valence electrons. The average Bonchev–Trinajstić information content (AvgIpc) is 2.06. The van der Waals surface area contributed by atoms with Crippen LogP contribution in [0.5, 0.6) is 0 Å². The SMILES string of the molecule is COC(CSC(N)=NN)OC. The van der Waals surface area contributed by atoms with E-state index < -0.39 is 0 Å². The zero-order valence-electron chi connectivity index (χ0n) is 6.61. The third kappa shape index (κ3) is 4.88. The topological polar surface area (TPSA) is 82.9 Å². The molecule has 0 radical (unpaired) electrons. The van der Waals surface area contributed by atoms with Gasteiger partial charge in [0.25, 0.3) is 0 Å². The summed E-state index contributed by atoms with van der Waals surface area (Å²) in [4.78, 5) is 0. The zero-order valence-corrected chi connectivity index (χ0v) is 7.43. The highest BCUT2D eigenvalue weighted by atomic mass is 32.2. The highest BCUT2D eigenvalue weighted by Gasteiger charge is 2.05. The Morgan fingerprint density at radius 2 is 2.09 bits per heavy atom. The molecule has 0 aromatic heterocycles. The minimum atomic E-state index is -0.264. The van der Waals surface area contributed by atoms with Gasteiger partial charge in [0.15, 0.2) is 11.5 Å². The largest absolute Gasteiger partial charge is 0.377 e. The van der Waals surface area contributed by atoms with Crippen molar-refractivity contribution in [3.05, 3.63) is 0 Å². The molecular formula is C5H13N3O2S. The van der Waals surface area contributed by atoms with E-state index in [1.807, 2.05) is 0 Å². The van der Waals surface area contributed by atoms with E-state index in [1.54, 1.807) is 14.2 Å². The fraction of sp³-hybridized carbons (Fsp3) is 0.800. The lowest BCUT2D eigenvalue weighted by molar-refractivity contribution is -0.0841.